The molecule has 3 aliphatic rings. The summed E-state index contributed by atoms with van der Waals surface area (Å²) in [6, 6.07) is 9.36. The number of hydrogen-bond donors (Lipinski definition) is 5. The average molecular weight is 768 g/mol. The molecular formula is C39H46ClN3O11. The van der Waals surface area contributed by atoms with Crippen molar-refractivity contribution >= 4 is 46.9 Å². The minimum Gasteiger partial charge on any atom is -0.457 e. The highest BCUT2D eigenvalue weighted by molar-refractivity contribution is 6.34. The lowest BCUT2D eigenvalue weighted by atomic mass is 9.81. The number of fused-ring (bicyclic) bond motifs is 5. The molecule has 5 rings (SSSR count). The number of esters is 1. The molecule has 14 nitrogen and oxygen atoms in total. The first-order chi connectivity index (χ1) is 25.5. The van der Waals surface area contributed by atoms with Crippen LogP contribution in [-0.2, 0) is 36.8 Å². The van der Waals surface area contributed by atoms with Gasteiger partial charge < -0.3 is 39.7 Å². The Bertz CT molecular complexity index is 1860. The Morgan fingerprint density at radius 3 is 2.46 bits per heavy atom. The first kappa shape index (κ1) is 40.6. The van der Waals surface area contributed by atoms with Crippen LogP contribution >= 0.6 is 11.6 Å². The van der Waals surface area contributed by atoms with Gasteiger partial charge in [0, 0.05) is 36.4 Å². The summed E-state index contributed by atoms with van der Waals surface area (Å²) in [4.78, 5) is 65.9. The highest BCUT2D eigenvalue weighted by Gasteiger charge is 2.64. The number of ketones is 1. The number of anilines is 1. The largest absolute Gasteiger partial charge is 0.457 e. The van der Waals surface area contributed by atoms with Crippen molar-refractivity contribution in [1.82, 2.24) is 10.6 Å². The van der Waals surface area contributed by atoms with Crippen LogP contribution in [0.3, 0.4) is 0 Å². The lowest BCUT2D eigenvalue weighted by Crippen LogP contribution is -2.62. The molecule has 54 heavy (non-hydrogen) atoms. The topological polar surface area (TPSA) is 204 Å². The van der Waals surface area contributed by atoms with E-state index in [1.807, 2.05) is 6.92 Å². The number of carbonyl (C=O) groups excluding carboxylic acids is 5. The summed E-state index contributed by atoms with van der Waals surface area (Å²) in [6.07, 6.45) is 1.21. The number of carbonyl (C=O) groups is 5. The minimum atomic E-state index is -1.88. The van der Waals surface area contributed by atoms with Gasteiger partial charge in [0.15, 0.2) is 11.5 Å². The summed E-state index contributed by atoms with van der Waals surface area (Å²) in [5.74, 6) is -3.63. The molecular weight excluding hydrogens is 722 g/mol. The predicted molar refractivity (Wildman–Crippen MR) is 197 cm³/mol. The summed E-state index contributed by atoms with van der Waals surface area (Å²) in [5, 5.41) is 37.2. The summed E-state index contributed by atoms with van der Waals surface area (Å²) in [6.45, 7) is 5.21. The van der Waals surface area contributed by atoms with Gasteiger partial charge in [0.1, 0.15) is 24.4 Å². The second kappa shape index (κ2) is 16.4. The molecule has 5 N–H and O–H groups in total. The van der Waals surface area contributed by atoms with E-state index in [4.69, 9.17) is 25.8 Å². The maximum absolute atomic E-state index is 14.0. The van der Waals surface area contributed by atoms with Crippen LogP contribution in [0.5, 0.6) is 0 Å². The molecule has 0 saturated carbocycles. The van der Waals surface area contributed by atoms with E-state index in [9.17, 15) is 39.3 Å². The Morgan fingerprint density at radius 1 is 1.13 bits per heavy atom. The number of aliphatic hydroxyl groups is 3. The van der Waals surface area contributed by atoms with Crippen LogP contribution in [0.25, 0.3) is 0 Å². The molecule has 0 aromatic heterocycles. The van der Waals surface area contributed by atoms with Gasteiger partial charge in [0.2, 0.25) is 5.91 Å². The molecule has 3 aliphatic heterocycles. The van der Waals surface area contributed by atoms with Crippen molar-refractivity contribution in [3.63, 3.8) is 0 Å². The number of epoxide rings is 1. The first-order valence-corrected chi connectivity index (χ1v) is 18.0. The number of benzene rings is 2. The molecule has 0 aliphatic carbocycles. The van der Waals surface area contributed by atoms with Crippen LogP contribution in [-0.4, -0.2) is 94.8 Å². The number of allylic oxidation sites excluding steroid dienone is 3. The Labute approximate surface area is 318 Å². The van der Waals surface area contributed by atoms with Gasteiger partial charge in [0.05, 0.1) is 36.4 Å². The smallest absolute Gasteiger partial charge is 0.409 e. The Hall–Kier alpha value is -4.60. The van der Waals surface area contributed by atoms with Crippen molar-refractivity contribution in [3.8, 4) is 0 Å². The molecule has 2 aromatic rings. The third kappa shape index (κ3) is 8.85. The zero-order valence-corrected chi connectivity index (χ0v) is 31.5. The molecule has 2 aromatic carbocycles. The number of Topliss-reactive ketones (excluding diaryl/α,β-unsaturated/α-hetero) is 1. The van der Waals surface area contributed by atoms with E-state index in [0.29, 0.717) is 23.2 Å². The van der Waals surface area contributed by atoms with Crippen molar-refractivity contribution in [2.75, 3.05) is 25.1 Å². The van der Waals surface area contributed by atoms with Crippen LogP contribution in [0.15, 0.2) is 60.2 Å². The second-order valence-corrected chi connectivity index (χ2v) is 14.7. The zero-order valence-electron chi connectivity index (χ0n) is 30.8. The standard InChI is InChI=1S/C39H46ClN3O11/c1-21-7-6-8-28(20-45)39(51)17-30(52-37(50)42-39)22(2)35-38(4,54-35)31(16-32(47)43(5)29-15-24(13-21)14-27(19-44)34(29)40)53-33(48)18-41-36(49)26-11-9-25(10-12-26)23(3)46/h6-12,14-15,22,28,30-31,35,44-45,51H,13,16-20H2,1-5H3,(H,41,49)(H,42,50)/b8-6+,21-7+/t22-,28+,30+,31+,35+,38+,39+/m1/s1. The third-order valence-corrected chi connectivity index (χ3v) is 10.8. The third-order valence-electron chi connectivity index (χ3n) is 10.4. The number of rotatable bonds is 7. The van der Waals surface area contributed by atoms with Crippen molar-refractivity contribution in [2.45, 2.75) is 83.2 Å². The first-order valence-electron chi connectivity index (χ1n) is 17.6. The summed E-state index contributed by atoms with van der Waals surface area (Å²) >= 11 is 6.68. The Balaban J connectivity index is 1.47. The predicted octanol–water partition coefficient (Wildman–Crippen LogP) is 3.38. The van der Waals surface area contributed by atoms with E-state index in [0.717, 1.165) is 11.1 Å². The molecule has 290 valence electrons. The normalized spacial score (nSPS) is 30.1. The molecule has 0 spiro atoms. The van der Waals surface area contributed by atoms with Crippen LogP contribution in [0.2, 0.25) is 5.02 Å². The fraction of sp³-hybridized carbons (Fsp3) is 0.462. The van der Waals surface area contributed by atoms with Gasteiger partial charge in [-0.1, -0.05) is 60.5 Å². The van der Waals surface area contributed by atoms with E-state index >= 15 is 0 Å². The van der Waals surface area contributed by atoms with Crippen LogP contribution < -0.4 is 15.5 Å². The van der Waals surface area contributed by atoms with Crippen molar-refractivity contribution in [2.24, 2.45) is 11.8 Å². The second-order valence-electron chi connectivity index (χ2n) is 14.3. The van der Waals surface area contributed by atoms with E-state index in [1.54, 1.807) is 44.2 Å². The number of ether oxygens (including phenoxy) is 3. The summed E-state index contributed by atoms with van der Waals surface area (Å²) in [7, 11) is 1.51. The van der Waals surface area contributed by atoms with E-state index in [1.165, 1.54) is 43.1 Å². The number of aliphatic hydroxyl groups excluding tert-OH is 2. The van der Waals surface area contributed by atoms with Gasteiger partial charge in [0.25, 0.3) is 5.91 Å². The highest BCUT2D eigenvalue weighted by Crippen LogP contribution is 2.49. The quantitative estimate of drug-likeness (QED) is 0.157. The SMILES string of the molecule is CC(=O)c1ccc(C(=O)NCC(=O)O[C@H]2CC(=O)N(C)c3cc(cc(CO)c3Cl)C/C(C)=C/C=C/[C@@H](CO)[C@@]3(O)C[C@H](OC(=O)N3)[C@@H](C)[C@@H]3O[C@@]23C)cc1. The van der Waals surface area contributed by atoms with Crippen molar-refractivity contribution < 1.29 is 53.5 Å². The number of nitrogens with zero attached hydrogens (tertiary/aromatic N) is 1. The fourth-order valence-corrected chi connectivity index (χ4v) is 7.30. The summed E-state index contributed by atoms with van der Waals surface area (Å²) < 4.78 is 17.6. The van der Waals surface area contributed by atoms with E-state index in [2.05, 4.69) is 10.6 Å². The van der Waals surface area contributed by atoms with Gasteiger partial charge in [-0.25, -0.2) is 4.79 Å². The molecule has 7 atom stereocenters. The minimum absolute atomic E-state index is 0.117. The van der Waals surface area contributed by atoms with Gasteiger partial charge in [-0.3, -0.25) is 24.5 Å². The van der Waals surface area contributed by atoms with Gasteiger partial charge in [-0.15, -0.1) is 0 Å². The number of amides is 3. The average Bonchev–Trinajstić information content (AvgIpc) is 3.83. The van der Waals surface area contributed by atoms with Crippen LogP contribution in [0.4, 0.5) is 10.5 Å². The molecule has 3 heterocycles. The number of alkyl carbamates (subject to hydrolysis) is 1. The number of nitrogens with one attached hydrogen (secondary N) is 2. The van der Waals surface area contributed by atoms with Gasteiger partial charge in [-0.05, 0) is 56.5 Å². The maximum atomic E-state index is 14.0. The Morgan fingerprint density at radius 2 is 1.81 bits per heavy atom. The van der Waals surface area contributed by atoms with E-state index < -0.39 is 85.1 Å². The molecule has 4 bridgehead atoms. The van der Waals surface area contributed by atoms with Crippen LogP contribution in [0.1, 0.15) is 72.4 Å². The lowest BCUT2D eigenvalue weighted by molar-refractivity contribution is -0.152. The van der Waals surface area contributed by atoms with Gasteiger partial charge >= 0.3 is 12.1 Å². The number of hydrogen-bond acceptors (Lipinski definition) is 11. The van der Waals surface area contributed by atoms with Crippen LogP contribution in [0, 0.1) is 11.8 Å². The molecule has 15 heteroatoms. The molecule has 0 radical (unpaired) electrons. The molecule has 2 saturated heterocycles. The molecule has 2 fully saturated rings. The van der Waals surface area contributed by atoms with Crippen molar-refractivity contribution in [1.29, 1.82) is 0 Å². The maximum Gasteiger partial charge on any atom is 0.409 e. The fourth-order valence-electron chi connectivity index (χ4n) is 7.01. The summed E-state index contributed by atoms with van der Waals surface area (Å²) in [5.41, 5.74) is -0.227. The van der Waals surface area contributed by atoms with E-state index in [-0.39, 0.29) is 29.2 Å². The van der Waals surface area contributed by atoms with Gasteiger partial charge in [-0.2, -0.15) is 0 Å². The highest BCUT2D eigenvalue weighted by atomic mass is 35.5. The molecule has 0 unspecified atom stereocenters. The Kier molecular flexibility index (Phi) is 12.3. The lowest BCUT2D eigenvalue weighted by Gasteiger charge is -2.42. The van der Waals surface area contributed by atoms with Crippen molar-refractivity contribution in [3.05, 3.63) is 87.5 Å². The number of halogens is 1. The monoisotopic (exact) mass is 767 g/mol. The zero-order chi connectivity index (χ0) is 39.5. The molecule has 3 amide bonds.